The fourth-order valence-corrected chi connectivity index (χ4v) is 2.82. The standard InChI is InChI=1S/C18H22FN7O3/c1-24(17(20)23-25(2)21)16-6-3-11(8-22-16)14-5-4-12(7-15(14)19)26-9-13(10-27)29-18(26)28/h3-8,13,27H,9-10,21H2,1-2H3,(H2,20,23). The zero-order valence-corrected chi connectivity index (χ0v) is 16.0. The van der Waals surface area contributed by atoms with Crippen molar-refractivity contribution in [2.24, 2.45) is 16.7 Å². The molecule has 2 heterocycles. The van der Waals surface area contributed by atoms with Crippen LogP contribution in [-0.4, -0.2) is 60.6 Å². The summed E-state index contributed by atoms with van der Waals surface area (Å²) in [6, 6.07) is 7.79. The van der Waals surface area contributed by atoms with Gasteiger partial charge in [-0.25, -0.2) is 25.1 Å². The molecule has 1 aliphatic heterocycles. The fourth-order valence-electron chi connectivity index (χ4n) is 2.82. The number of hydrazine groups is 1. The number of carbonyl (C=O) groups excluding carboxylic acids is 1. The van der Waals surface area contributed by atoms with Crippen LogP contribution in [0, 0.1) is 5.82 Å². The summed E-state index contributed by atoms with van der Waals surface area (Å²) in [5.41, 5.74) is 7.06. The summed E-state index contributed by atoms with van der Waals surface area (Å²) in [5.74, 6) is 5.57. The minimum atomic E-state index is -0.618. The zero-order valence-electron chi connectivity index (χ0n) is 16.0. The van der Waals surface area contributed by atoms with Crippen molar-refractivity contribution in [1.29, 1.82) is 0 Å². The summed E-state index contributed by atoms with van der Waals surface area (Å²) >= 11 is 0. The van der Waals surface area contributed by atoms with Crippen molar-refractivity contribution in [3.8, 4) is 11.1 Å². The number of nitrogens with two attached hydrogens (primary N) is 2. The van der Waals surface area contributed by atoms with E-state index in [4.69, 9.17) is 21.4 Å². The van der Waals surface area contributed by atoms with Gasteiger partial charge in [0.25, 0.3) is 0 Å². The van der Waals surface area contributed by atoms with Gasteiger partial charge in [-0.3, -0.25) is 9.80 Å². The van der Waals surface area contributed by atoms with Crippen molar-refractivity contribution < 1.29 is 19.0 Å². The van der Waals surface area contributed by atoms with Crippen molar-refractivity contribution in [3.05, 3.63) is 42.3 Å². The van der Waals surface area contributed by atoms with Gasteiger partial charge in [-0.15, -0.1) is 5.10 Å². The largest absolute Gasteiger partial charge is 0.441 e. The highest BCUT2D eigenvalue weighted by Gasteiger charge is 2.32. The first-order chi connectivity index (χ1) is 13.8. The van der Waals surface area contributed by atoms with Crippen molar-refractivity contribution in [1.82, 2.24) is 10.1 Å². The molecule has 0 aliphatic carbocycles. The number of pyridine rings is 1. The van der Waals surface area contributed by atoms with Crippen molar-refractivity contribution in [2.45, 2.75) is 6.10 Å². The van der Waals surface area contributed by atoms with Crippen LogP contribution in [0.4, 0.5) is 20.7 Å². The van der Waals surface area contributed by atoms with Gasteiger partial charge in [-0.2, -0.15) is 0 Å². The Morgan fingerprint density at radius 2 is 2.17 bits per heavy atom. The molecule has 5 N–H and O–H groups in total. The monoisotopic (exact) mass is 403 g/mol. The number of carbonyl (C=O) groups is 1. The Balaban J connectivity index is 1.80. The summed E-state index contributed by atoms with van der Waals surface area (Å²) in [6.45, 7) is -0.121. The number of cyclic esters (lactones) is 1. The smallest absolute Gasteiger partial charge is 0.414 e. The average Bonchev–Trinajstić information content (AvgIpc) is 3.08. The second kappa shape index (κ2) is 8.29. The van der Waals surface area contributed by atoms with Crippen molar-refractivity contribution in [2.75, 3.05) is 37.0 Å². The van der Waals surface area contributed by atoms with Gasteiger partial charge in [0.15, 0.2) is 0 Å². The molecule has 1 saturated heterocycles. The Hall–Kier alpha value is -3.44. The summed E-state index contributed by atoms with van der Waals surface area (Å²) < 4.78 is 19.7. The SMILES string of the molecule is CN(N)/N=C(\N)N(C)c1ccc(-c2ccc(N3CC(CO)OC3=O)cc2F)cn1. The number of halogens is 1. The summed E-state index contributed by atoms with van der Waals surface area (Å²) in [4.78, 5) is 19.0. The molecule has 10 nitrogen and oxygen atoms in total. The van der Waals surface area contributed by atoms with Crippen LogP contribution in [0.1, 0.15) is 0 Å². The van der Waals surface area contributed by atoms with E-state index < -0.39 is 18.0 Å². The van der Waals surface area contributed by atoms with Gasteiger partial charge in [-0.05, 0) is 30.3 Å². The van der Waals surface area contributed by atoms with Crippen molar-refractivity contribution in [3.63, 3.8) is 0 Å². The van der Waals surface area contributed by atoms with Crippen LogP contribution in [0.25, 0.3) is 11.1 Å². The number of rotatable bonds is 5. The van der Waals surface area contributed by atoms with E-state index in [1.54, 1.807) is 31.3 Å². The highest BCUT2D eigenvalue weighted by molar-refractivity contribution is 5.93. The van der Waals surface area contributed by atoms with E-state index in [0.29, 0.717) is 22.6 Å². The van der Waals surface area contributed by atoms with E-state index in [1.807, 2.05) is 0 Å². The van der Waals surface area contributed by atoms with Crippen LogP contribution in [-0.2, 0) is 4.74 Å². The number of ether oxygens (including phenoxy) is 1. The maximum absolute atomic E-state index is 14.7. The number of benzene rings is 1. The molecule has 0 spiro atoms. The lowest BCUT2D eigenvalue weighted by Crippen LogP contribution is -2.37. The maximum Gasteiger partial charge on any atom is 0.414 e. The third-order valence-corrected chi connectivity index (χ3v) is 4.35. The molecule has 0 radical (unpaired) electrons. The van der Waals surface area contributed by atoms with Gasteiger partial charge in [0.05, 0.1) is 18.8 Å². The maximum atomic E-state index is 14.7. The highest BCUT2D eigenvalue weighted by Crippen LogP contribution is 2.29. The van der Waals surface area contributed by atoms with Crippen LogP contribution < -0.4 is 21.4 Å². The average molecular weight is 403 g/mol. The number of hydrogen-bond donors (Lipinski definition) is 3. The number of nitrogens with zero attached hydrogens (tertiary/aromatic N) is 5. The molecule has 1 aliphatic rings. The number of guanidine groups is 1. The van der Waals surface area contributed by atoms with Gasteiger partial charge in [0, 0.05) is 31.4 Å². The van der Waals surface area contributed by atoms with E-state index in [2.05, 4.69) is 10.1 Å². The van der Waals surface area contributed by atoms with E-state index in [0.717, 1.165) is 5.12 Å². The number of anilines is 2. The first-order valence-electron chi connectivity index (χ1n) is 8.71. The van der Waals surface area contributed by atoms with E-state index in [9.17, 15) is 9.18 Å². The third kappa shape index (κ3) is 4.36. The lowest BCUT2D eigenvalue weighted by atomic mass is 10.1. The van der Waals surface area contributed by atoms with Crippen LogP contribution >= 0.6 is 0 Å². The van der Waals surface area contributed by atoms with Crippen LogP contribution in [0.15, 0.2) is 41.6 Å². The van der Waals surface area contributed by atoms with Gasteiger partial charge in [0.2, 0.25) is 5.96 Å². The molecule has 2 aromatic rings. The number of aliphatic hydroxyl groups excluding tert-OH is 1. The zero-order chi connectivity index (χ0) is 21.1. The molecule has 1 amide bonds. The fraction of sp³-hybridized carbons (Fsp3) is 0.278. The summed E-state index contributed by atoms with van der Waals surface area (Å²) in [5, 5.41) is 14.1. The predicted octanol–water partition coefficient (Wildman–Crippen LogP) is 0.677. The van der Waals surface area contributed by atoms with E-state index in [-0.39, 0.29) is 19.1 Å². The lowest BCUT2D eigenvalue weighted by molar-refractivity contribution is 0.0963. The van der Waals surface area contributed by atoms with Crippen LogP contribution in [0.2, 0.25) is 0 Å². The Labute approximate surface area is 166 Å². The quantitative estimate of drug-likeness (QED) is 0.287. The molecule has 29 heavy (non-hydrogen) atoms. The molecular formula is C18H22FN7O3. The number of aliphatic hydroxyl groups is 1. The minimum absolute atomic E-state index is 0.143. The number of aromatic nitrogens is 1. The van der Waals surface area contributed by atoms with Gasteiger partial charge >= 0.3 is 6.09 Å². The summed E-state index contributed by atoms with van der Waals surface area (Å²) in [7, 11) is 3.21. The van der Waals surface area contributed by atoms with Gasteiger partial charge < -0.3 is 15.6 Å². The van der Waals surface area contributed by atoms with Gasteiger partial charge in [-0.1, -0.05) is 0 Å². The molecule has 0 bridgehead atoms. The first-order valence-corrected chi connectivity index (χ1v) is 8.71. The van der Waals surface area contributed by atoms with Gasteiger partial charge in [0.1, 0.15) is 17.7 Å². The molecule has 1 atom stereocenters. The number of amides is 1. The van der Waals surface area contributed by atoms with Crippen LogP contribution in [0.3, 0.4) is 0 Å². The molecule has 1 aromatic heterocycles. The molecule has 11 heteroatoms. The highest BCUT2D eigenvalue weighted by atomic mass is 19.1. The second-order valence-electron chi connectivity index (χ2n) is 6.46. The third-order valence-electron chi connectivity index (χ3n) is 4.35. The normalized spacial score (nSPS) is 16.7. The van der Waals surface area contributed by atoms with Crippen LogP contribution in [0.5, 0.6) is 0 Å². The molecular weight excluding hydrogens is 381 g/mol. The molecule has 0 saturated carbocycles. The topological polar surface area (TPSA) is 134 Å². The number of hydrazone groups is 1. The predicted molar refractivity (Wildman–Crippen MR) is 106 cm³/mol. The number of hydrogen-bond acceptors (Lipinski definition) is 7. The Bertz CT molecular complexity index is 920. The first kappa shape index (κ1) is 20.3. The molecule has 3 rings (SSSR count). The lowest BCUT2D eigenvalue weighted by Gasteiger charge is -2.18. The molecule has 1 fully saturated rings. The second-order valence-corrected chi connectivity index (χ2v) is 6.46. The Kier molecular flexibility index (Phi) is 5.80. The van der Waals surface area contributed by atoms with E-state index in [1.165, 1.54) is 29.1 Å². The Morgan fingerprint density at radius 3 is 2.72 bits per heavy atom. The summed E-state index contributed by atoms with van der Waals surface area (Å²) in [6.07, 6.45) is 0.275. The molecule has 1 unspecified atom stereocenters. The minimum Gasteiger partial charge on any atom is -0.441 e. The molecule has 1 aromatic carbocycles. The van der Waals surface area contributed by atoms with Crippen molar-refractivity contribution >= 4 is 23.6 Å². The van der Waals surface area contributed by atoms with E-state index >= 15 is 0 Å². The molecule has 154 valence electrons. The Morgan fingerprint density at radius 1 is 1.41 bits per heavy atom.